The van der Waals surface area contributed by atoms with Crippen LogP contribution in [0.4, 0.5) is 10.5 Å². The molecule has 0 saturated heterocycles. The van der Waals surface area contributed by atoms with Crippen LogP contribution in [0.2, 0.25) is 0 Å². The van der Waals surface area contributed by atoms with E-state index in [1.54, 1.807) is 24.3 Å². The number of aromatic amines is 1. The van der Waals surface area contributed by atoms with Gasteiger partial charge in [0.15, 0.2) is 0 Å². The topological polar surface area (TPSA) is 94.5 Å². The summed E-state index contributed by atoms with van der Waals surface area (Å²) in [5.74, 6) is 0.357. The first-order valence-electron chi connectivity index (χ1n) is 8.78. The number of nitrogens with zero attached hydrogens (tertiary/aromatic N) is 1. The minimum Gasteiger partial charge on any atom is -0.437 e. The maximum Gasteiger partial charge on any atom is 0.513 e. The van der Waals surface area contributed by atoms with E-state index in [1.807, 2.05) is 36.4 Å². The monoisotopic (exact) mass is 388 g/mol. The molecular weight excluding hydrogens is 372 g/mol. The van der Waals surface area contributed by atoms with Crippen molar-refractivity contribution in [1.82, 2.24) is 4.98 Å². The van der Waals surface area contributed by atoms with Crippen LogP contribution >= 0.6 is 0 Å². The lowest BCUT2D eigenvalue weighted by atomic mass is 9.98. The first-order chi connectivity index (χ1) is 14.1. The molecule has 4 aromatic rings. The maximum absolute atomic E-state index is 11.5. The van der Waals surface area contributed by atoms with Crippen molar-refractivity contribution in [2.45, 2.75) is 0 Å². The second-order valence-corrected chi connectivity index (χ2v) is 6.31. The van der Waals surface area contributed by atoms with E-state index >= 15 is 0 Å². The Morgan fingerprint density at radius 3 is 2.34 bits per heavy atom. The molecule has 0 fully saturated rings. The van der Waals surface area contributed by atoms with Gasteiger partial charge in [-0.3, -0.25) is 10.1 Å². The molecule has 1 heterocycles. The lowest BCUT2D eigenvalue weighted by Crippen LogP contribution is -2.06. The summed E-state index contributed by atoms with van der Waals surface area (Å²) < 4.78 is 9.73. The van der Waals surface area contributed by atoms with E-state index in [0.29, 0.717) is 5.75 Å². The Morgan fingerprint density at radius 2 is 1.69 bits per heavy atom. The van der Waals surface area contributed by atoms with Gasteiger partial charge in [0.25, 0.3) is 5.69 Å². The van der Waals surface area contributed by atoms with E-state index in [0.717, 1.165) is 33.3 Å². The molecule has 0 radical (unpaired) electrons. The van der Waals surface area contributed by atoms with Gasteiger partial charge in [-0.15, -0.1) is 0 Å². The molecule has 7 nitrogen and oxygen atoms in total. The fraction of sp³-hybridized carbons (Fsp3) is 0.0455. The van der Waals surface area contributed by atoms with Crippen LogP contribution in [-0.2, 0) is 4.74 Å². The molecule has 4 rings (SSSR count). The average Bonchev–Trinajstić information content (AvgIpc) is 3.13. The van der Waals surface area contributed by atoms with Crippen molar-refractivity contribution >= 4 is 22.7 Å². The van der Waals surface area contributed by atoms with Gasteiger partial charge >= 0.3 is 6.16 Å². The van der Waals surface area contributed by atoms with Gasteiger partial charge < -0.3 is 14.5 Å². The summed E-state index contributed by atoms with van der Waals surface area (Å²) >= 11 is 0. The Hall–Kier alpha value is -4.13. The molecule has 0 aliphatic carbocycles. The van der Waals surface area contributed by atoms with Crippen LogP contribution in [-0.4, -0.2) is 23.2 Å². The predicted octanol–water partition coefficient (Wildman–Crippen LogP) is 5.56. The highest BCUT2D eigenvalue weighted by atomic mass is 16.7. The first-order valence-corrected chi connectivity index (χ1v) is 8.78. The van der Waals surface area contributed by atoms with Crippen molar-refractivity contribution in [2.75, 3.05) is 7.11 Å². The van der Waals surface area contributed by atoms with Crippen molar-refractivity contribution < 1.29 is 19.2 Å². The van der Waals surface area contributed by atoms with Crippen LogP contribution in [0.15, 0.2) is 72.8 Å². The number of carbonyl (C=O) groups is 1. The Balaban J connectivity index is 1.91. The number of carbonyl (C=O) groups excluding carboxylic acids is 1. The number of ether oxygens (including phenoxy) is 2. The average molecular weight is 388 g/mol. The number of hydrogen-bond acceptors (Lipinski definition) is 5. The number of non-ortho nitro benzene ring substituents is 1. The molecule has 7 heteroatoms. The third-order valence-corrected chi connectivity index (χ3v) is 4.57. The number of rotatable bonds is 4. The number of fused-ring (bicyclic) bond motifs is 1. The fourth-order valence-electron chi connectivity index (χ4n) is 3.24. The van der Waals surface area contributed by atoms with Crippen molar-refractivity contribution in [2.24, 2.45) is 0 Å². The number of methoxy groups -OCH3 is 1. The minimum absolute atomic E-state index is 0.0277. The number of nitrogens with one attached hydrogen (secondary N) is 1. The highest BCUT2D eigenvalue weighted by molar-refractivity contribution is 6.04. The molecule has 144 valence electrons. The molecule has 0 bridgehead atoms. The number of aromatic nitrogens is 1. The van der Waals surface area contributed by atoms with Gasteiger partial charge in [0, 0.05) is 28.6 Å². The van der Waals surface area contributed by atoms with Gasteiger partial charge in [0.1, 0.15) is 5.75 Å². The second-order valence-electron chi connectivity index (χ2n) is 6.31. The Labute approximate surface area is 165 Å². The number of H-pyrrole nitrogens is 1. The van der Waals surface area contributed by atoms with Gasteiger partial charge in [0.05, 0.1) is 17.7 Å². The number of benzene rings is 3. The number of hydrogen-bond donors (Lipinski definition) is 1. The van der Waals surface area contributed by atoms with E-state index in [1.165, 1.54) is 19.2 Å². The van der Waals surface area contributed by atoms with E-state index in [9.17, 15) is 14.9 Å². The van der Waals surface area contributed by atoms with Crippen LogP contribution in [0.1, 0.15) is 0 Å². The van der Waals surface area contributed by atoms with Gasteiger partial charge in [-0.1, -0.05) is 30.3 Å². The lowest BCUT2D eigenvalue weighted by Gasteiger charge is -2.07. The van der Waals surface area contributed by atoms with Gasteiger partial charge in [0.2, 0.25) is 0 Å². The van der Waals surface area contributed by atoms with Crippen molar-refractivity contribution in [3.8, 4) is 28.1 Å². The molecule has 0 unspecified atom stereocenters. The lowest BCUT2D eigenvalue weighted by molar-refractivity contribution is -0.384. The largest absolute Gasteiger partial charge is 0.513 e. The van der Waals surface area contributed by atoms with E-state index < -0.39 is 11.1 Å². The molecule has 0 atom stereocenters. The summed E-state index contributed by atoms with van der Waals surface area (Å²) in [7, 11) is 1.25. The fourth-order valence-corrected chi connectivity index (χ4v) is 3.24. The normalized spacial score (nSPS) is 10.7. The van der Waals surface area contributed by atoms with E-state index in [-0.39, 0.29) is 5.69 Å². The zero-order valence-corrected chi connectivity index (χ0v) is 15.4. The van der Waals surface area contributed by atoms with Crippen LogP contribution < -0.4 is 4.74 Å². The summed E-state index contributed by atoms with van der Waals surface area (Å²) in [6.45, 7) is 0. The number of nitro benzene ring substituents is 1. The Kier molecular flexibility index (Phi) is 4.70. The van der Waals surface area contributed by atoms with Crippen LogP contribution in [0, 0.1) is 10.1 Å². The minimum atomic E-state index is -0.795. The van der Waals surface area contributed by atoms with Gasteiger partial charge in [-0.2, -0.15) is 0 Å². The first kappa shape index (κ1) is 18.2. The zero-order chi connectivity index (χ0) is 20.4. The van der Waals surface area contributed by atoms with Crippen molar-refractivity contribution in [3.63, 3.8) is 0 Å². The summed E-state index contributed by atoms with van der Waals surface area (Å²) in [4.78, 5) is 25.4. The quantitative estimate of drug-likeness (QED) is 0.214. The molecule has 0 aliphatic rings. The third-order valence-electron chi connectivity index (χ3n) is 4.57. The highest BCUT2D eigenvalue weighted by Crippen LogP contribution is 2.40. The SMILES string of the molecule is COC(=O)Oc1ccc2[nH]c(-c3ccc([N+](=O)[O-])cc3)c(-c3ccccc3)c2c1. The summed E-state index contributed by atoms with van der Waals surface area (Å²) in [6.07, 6.45) is -0.795. The Bertz CT molecular complexity index is 1200. The van der Waals surface area contributed by atoms with Gasteiger partial charge in [-0.05, 0) is 41.5 Å². The molecule has 0 saturated carbocycles. The van der Waals surface area contributed by atoms with Crippen LogP contribution in [0.25, 0.3) is 33.3 Å². The molecule has 1 aromatic heterocycles. The van der Waals surface area contributed by atoms with Crippen LogP contribution in [0.3, 0.4) is 0 Å². The van der Waals surface area contributed by atoms with Crippen LogP contribution in [0.5, 0.6) is 5.75 Å². The zero-order valence-electron chi connectivity index (χ0n) is 15.4. The number of nitro groups is 1. The Morgan fingerprint density at radius 1 is 0.966 bits per heavy atom. The summed E-state index contributed by atoms with van der Waals surface area (Å²) in [6, 6.07) is 21.4. The summed E-state index contributed by atoms with van der Waals surface area (Å²) in [5, 5.41) is 11.8. The molecule has 1 N–H and O–H groups in total. The molecule has 3 aromatic carbocycles. The van der Waals surface area contributed by atoms with Crippen molar-refractivity contribution in [1.29, 1.82) is 0 Å². The highest BCUT2D eigenvalue weighted by Gasteiger charge is 2.17. The van der Waals surface area contributed by atoms with E-state index in [2.05, 4.69) is 9.72 Å². The molecular formula is C22H16N2O5. The van der Waals surface area contributed by atoms with E-state index in [4.69, 9.17) is 4.74 Å². The standard InChI is InChI=1S/C22H16N2O5/c1-28-22(25)29-17-11-12-19-18(13-17)20(14-5-3-2-4-6-14)21(23-19)15-7-9-16(10-8-15)24(26)27/h2-13,23H,1H3. The summed E-state index contributed by atoms with van der Waals surface area (Å²) in [5.41, 5.74) is 4.36. The predicted molar refractivity (Wildman–Crippen MR) is 109 cm³/mol. The molecule has 0 aliphatic heterocycles. The third kappa shape index (κ3) is 3.53. The smallest absolute Gasteiger partial charge is 0.437 e. The van der Waals surface area contributed by atoms with Crippen molar-refractivity contribution in [3.05, 3.63) is 82.9 Å². The molecule has 0 spiro atoms. The molecule has 0 amide bonds. The second kappa shape index (κ2) is 7.47. The maximum atomic E-state index is 11.5. The van der Waals surface area contributed by atoms with Gasteiger partial charge in [-0.25, -0.2) is 4.79 Å². The molecule has 29 heavy (non-hydrogen) atoms.